The van der Waals surface area contributed by atoms with Crippen LogP contribution in [-0.4, -0.2) is 53.2 Å². The van der Waals surface area contributed by atoms with Crippen molar-refractivity contribution in [2.75, 3.05) is 19.7 Å². The van der Waals surface area contributed by atoms with E-state index < -0.39 is 6.10 Å². The van der Waals surface area contributed by atoms with Gasteiger partial charge < -0.3 is 14.7 Å². The largest absolute Gasteiger partial charge is 0.390 e. The lowest BCUT2D eigenvalue weighted by Crippen LogP contribution is -2.40. The summed E-state index contributed by atoms with van der Waals surface area (Å²) < 4.78 is 5.77. The zero-order valence-electron chi connectivity index (χ0n) is 18.8. The van der Waals surface area contributed by atoms with Crippen LogP contribution in [0, 0.1) is 6.92 Å². The fourth-order valence-corrected chi connectivity index (χ4v) is 3.88. The van der Waals surface area contributed by atoms with Gasteiger partial charge in [0.1, 0.15) is 6.10 Å². The molecule has 2 aromatic carbocycles. The highest BCUT2D eigenvalue weighted by molar-refractivity contribution is 6.30. The molecule has 0 amide bonds. The highest BCUT2D eigenvalue weighted by Crippen LogP contribution is 2.21. The Labute approximate surface area is 190 Å². The normalized spacial score (nSPS) is 17.5. The van der Waals surface area contributed by atoms with Crippen molar-refractivity contribution in [3.05, 3.63) is 70.2 Å². The van der Waals surface area contributed by atoms with Crippen molar-refractivity contribution in [3.8, 4) is 0 Å². The number of nitrogens with zero attached hydrogens (tertiary/aromatic N) is 2. The highest BCUT2D eigenvalue weighted by atomic mass is 35.5. The number of hydrogen-bond acceptors (Lipinski definition) is 5. The summed E-state index contributed by atoms with van der Waals surface area (Å²) >= 11 is 6.18. The summed E-state index contributed by atoms with van der Waals surface area (Å²) in [6.45, 7) is 10.1. The van der Waals surface area contributed by atoms with Crippen LogP contribution in [0.3, 0.4) is 0 Å². The van der Waals surface area contributed by atoms with E-state index in [0.29, 0.717) is 24.7 Å². The third-order valence-electron chi connectivity index (χ3n) is 5.12. The summed E-state index contributed by atoms with van der Waals surface area (Å²) in [5, 5.41) is 15.7. The smallest absolute Gasteiger partial charge is 0.145 e. The summed E-state index contributed by atoms with van der Waals surface area (Å²) in [4.78, 5) is 7.95. The Morgan fingerprint density at radius 1 is 1.23 bits per heavy atom. The molecule has 1 aliphatic heterocycles. The molecular formula is C25H33ClN2O3. The van der Waals surface area contributed by atoms with Crippen molar-refractivity contribution in [2.24, 2.45) is 5.16 Å². The van der Waals surface area contributed by atoms with Gasteiger partial charge in [0.15, 0.2) is 0 Å². The number of aliphatic hydroxyl groups is 1. The van der Waals surface area contributed by atoms with Gasteiger partial charge in [-0.2, -0.15) is 0 Å². The van der Waals surface area contributed by atoms with Crippen LogP contribution >= 0.6 is 11.6 Å². The molecule has 0 fully saturated rings. The minimum absolute atomic E-state index is 0.0653. The lowest BCUT2D eigenvalue weighted by Gasteiger charge is -2.28. The first-order valence-corrected chi connectivity index (χ1v) is 11.1. The predicted molar refractivity (Wildman–Crippen MR) is 126 cm³/mol. The van der Waals surface area contributed by atoms with Crippen molar-refractivity contribution >= 4 is 17.3 Å². The molecule has 1 aliphatic rings. The number of hydrogen-bond donors (Lipinski definition) is 1. The zero-order chi connectivity index (χ0) is 22.4. The molecule has 2 aromatic rings. The Kier molecular flexibility index (Phi) is 8.11. The van der Waals surface area contributed by atoms with Crippen LogP contribution in [0.4, 0.5) is 0 Å². The van der Waals surface area contributed by atoms with Crippen molar-refractivity contribution in [2.45, 2.75) is 58.5 Å². The van der Waals surface area contributed by atoms with E-state index in [9.17, 15) is 5.11 Å². The first-order valence-electron chi connectivity index (χ1n) is 10.8. The molecule has 3 rings (SSSR count). The van der Waals surface area contributed by atoms with Crippen molar-refractivity contribution in [1.82, 2.24) is 4.90 Å². The van der Waals surface area contributed by atoms with E-state index in [-0.39, 0.29) is 18.3 Å². The molecule has 0 aromatic heterocycles. The lowest BCUT2D eigenvalue weighted by molar-refractivity contribution is -0.0600. The average molecular weight is 445 g/mol. The number of oxime groups is 1. The molecule has 1 N–H and O–H groups in total. The zero-order valence-corrected chi connectivity index (χ0v) is 19.6. The number of benzene rings is 2. The Morgan fingerprint density at radius 3 is 2.71 bits per heavy atom. The van der Waals surface area contributed by atoms with Gasteiger partial charge in [0.2, 0.25) is 0 Å². The van der Waals surface area contributed by atoms with Crippen molar-refractivity contribution < 1.29 is 14.7 Å². The van der Waals surface area contributed by atoms with Crippen molar-refractivity contribution in [3.63, 3.8) is 0 Å². The molecule has 0 saturated heterocycles. The second kappa shape index (κ2) is 10.6. The quantitative estimate of drug-likeness (QED) is 0.602. The van der Waals surface area contributed by atoms with E-state index in [1.807, 2.05) is 57.2 Å². The van der Waals surface area contributed by atoms with Gasteiger partial charge in [-0.05, 0) is 51.0 Å². The Balaban J connectivity index is 1.64. The molecule has 0 radical (unpaired) electrons. The number of aliphatic hydroxyl groups excluding tert-OH is 1. The maximum atomic E-state index is 10.6. The molecule has 0 spiro atoms. The minimum Gasteiger partial charge on any atom is -0.390 e. The summed E-state index contributed by atoms with van der Waals surface area (Å²) in [6, 6.07) is 16.0. The Hall–Kier alpha value is -1.92. The number of ether oxygens (including phenoxy) is 1. The van der Waals surface area contributed by atoms with Gasteiger partial charge in [-0.15, -0.1) is 0 Å². The summed E-state index contributed by atoms with van der Waals surface area (Å²) in [5.74, 6) is 0. The SMILES string of the molecule is Cc1ccccc1C1=NOC(CN(Cc2cccc(Cl)c2)CC(O)COC(C)(C)C)C1. The predicted octanol–water partition coefficient (Wildman–Crippen LogP) is 4.82. The third-order valence-corrected chi connectivity index (χ3v) is 5.36. The lowest BCUT2D eigenvalue weighted by atomic mass is 10.00. The molecule has 0 bridgehead atoms. The van der Waals surface area contributed by atoms with Gasteiger partial charge in [0, 0.05) is 36.6 Å². The number of halogens is 1. The van der Waals surface area contributed by atoms with Gasteiger partial charge in [-0.3, -0.25) is 4.90 Å². The van der Waals surface area contributed by atoms with Crippen LogP contribution in [0.25, 0.3) is 0 Å². The standard InChI is InChI=1S/C25H33ClN2O3/c1-18-8-5-6-11-23(18)24-13-22(31-27-24)16-28(14-19-9-7-10-20(26)12-19)15-21(29)17-30-25(2,3)4/h5-12,21-22,29H,13-17H2,1-4H3. The van der Waals surface area contributed by atoms with Crippen LogP contribution in [0.1, 0.15) is 43.9 Å². The molecule has 168 valence electrons. The Morgan fingerprint density at radius 2 is 2.00 bits per heavy atom. The third kappa shape index (κ3) is 7.62. The molecule has 5 nitrogen and oxygen atoms in total. The van der Waals surface area contributed by atoms with Crippen LogP contribution in [0.15, 0.2) is 53.7 Å². The monoisotopic (exact) mass is 444 g/mol. The summed E-state index contributed by atoms with van der Waals surface area (Å²) in [7, 11) is 0. The minimum atomic E-state index is -0.600. The maximum Gasteiger partial charge on any atom is 0.145 e. The molecule has 6 heteroatoms. The summed E-state index contributed by atoms with van der Waals surface area (Å²) in [5.41, 5.74) is 4.10. The highest BCUT2D eigenvalue weighted by Gasteiger charge is 2.26. The molecule has 2 atom stereocenters. The van der Waals surface area contributed by atoms with Gasteiger partial charge in [-0.25, -0.2) is 0 Å². The van der Waals surface area contributed by atoms with Gasteiger partial charge in [-0.1, -0.05) is 53.2 Å². The van der Waals surface area contributed by atoms with Gasteiger partial charge >= 0.3 is 0 Å². The van der Waals surface area contributed by atoms with Gasteiger partial charge in [0.05, 0.1) is 24.0 Å². The van der Waals surface area contributed by atoms with Crippen LogP contribution in [0.5, 0.6) is 0 Å². The number of rotatable bonds is 9. The molecular weight excluding hydrogens is 412 g/mol. The van der Waals surface area contributed by atoms with Gasteiger partial charge in [0.25, 0.3) is 0 Å². The van der Waals surface area contributed by atoms with Crippen molar-refractivity contribution in [1.29, 1.82) is 0 Å². The molecule has 0 saturated carbocycles. The van der Waals surface area contributed by atoms with E-state index in [1.54, 1.807) is 0 Å². The fraction of sp³-hybridized carbons (Fsp3) is 0.480. The average Bonchev–Trinajstić information content (AvgIpc) is 3.14. The fourth-order valence-electron chi connectivity index (χ4n) is 3.66. The van der Waals surface area contributed by atoms with Crippen LogP contribution in [-0.2, 0) is 16.1 Å². The first-order chi connectivity index (χ1) is 14.7. The topological polar surface area (TPSA) is 54.3 Å². The second-order valence-electron chi connectivity index (χ2n) is 9.19. The van der Waals surface area contributed by atoms with E-state index in [0.717, 1.165) is 23.3 Å². The molecule has 31 heavy (non-hydrogen) atoms. The second-order valence-corrected chi connectivity index (χ2v) is 9.62. The van der Waals surface area contributed by atoms with Crippen LogP contribution < -0.4 is 0 Å². The van der Waals surface area contributed by atoms with E-state index in [4.69, 9.17) is 21.2 Å². The van der Waals surface area contributed by atoms with Crippen LogP contribution in [0.2, 0.25) is 5.02 Å². The number of aryl methyl sites for hydroxylation is 1. The molecule has 1 heterocycles. The Bertz CT molecular complexity index is 894. The maximum absolute atomic E-state index is 10.6. The molecule has 2 unspecified atom stereocenters. The summed E-state index contributed by atoms with van der Waals surface area (Å²) in [6.07, 6.45) is 0.0759. The molecule has 0 aliphatic carbocycles. The first kappa shape index (κ1) is 23.7. The van der Waals surface area contributed by atoms with E-state index in [1.165, 1.54) is 5.56 Å². The van der Waals surface area contributed by atoms with E-state index in [2.05, 4.69) is 29.1 Å². The van der Waals surface area contributed by atoms with E-state index >= 15 is 0 Å².